The molecule has 0 radical (unpaired) electrons. The average Bonchev–Trinajstić information content (AvgIpc) is 3.04. The summed E-state index contributed by atoms with van der Waals surface area (Å²) in [6.07, 6.45) is 0.771. The van der Waals surface area contributed by atoms with Crippen molar-refractivity contribution < 1.29 is 14.7 Å². The van der Waals surface area contributed by atoms with Crippen molar-refractivity contribution >= 4 is 34.9 Å². The first-order valence-electron chi connectivity index (χ1n) is 10.4. The van der Waals surface area contributed by atoms with Crippen LogP contribution < -0.4 is 10.2 Å². The number of nitrogens with one attached hydrogen (secondary N) is 1. The second-order valence-corrected chi connectivity index (χ2v) is 8.01. The van der Waals surface area contributed by atoms with E-state index < -0.39 is 11.9 Å². The Hall–Kier alpha value is -3.32. The number of aromatic nitrogens is 2. The number of aryl methyl sites for hydroxylation is 2. The van der Waals surface area contributed by atoms with Crippen LogP contribution in [0.5, 0.6) is 0 Å². The summed E-state index contributed by atoms with van der Waals surface area (Å²) in [5.74, 6) is -1.46. The molecule has 0 aliphatic carbocycles. The van der Waals surface area contributed by atoms with E-state index >= 15 is 0 Å². The van der Waals surface area contributed by atoms with Gasteiger partial charge in [-0.2, -0.15) is 5.10 Å². The van der Waals surface area contributed by atoms with Crippen molar-refractivity contribution in [2.75, 3.05) is 23.8 Å². The number of amides is 1. The van der Waals surface area contributed by atoms with Crippen LogP contribution in [0.15, 0.2) is 42.5 Å². The highest BCUT2D eigenvalue weighted by atomic mass is 35.5. The molecule has 32 heavy (non-hydrogen) atoms. The van der Waals surface area contributed by atoms with Gasteiger partial charge in [-0.3, -0.25) is 9.48 Å². The Morgan fingerprint density at radius 3 is 2.53 bits per heavy atom. The fourth-order valence-electron chi connectivity index (χ4n) is 3.74. The third-order valence-electron chi connectivity index (χ3n) is 5.55. The van der Waals surface area contributed by atoms with E-state index in [2.05, 4.69) is 24.3 Å². The lowest BCUT2D eigenvalue weighted by molar-refractivity contribution is 0.0696. The second kappa shape index (κ2) is 9.87. The minimum atomic E-state index is -1.06. The summed E-state index contributed by atoms with van der Waals surface area (Å²) in [4.78, 5) is 26.3. The molecule has 0 aliphatic heterocycles. The second-order valence-electron chi connectivity index (χ2n) is 7.61. The highest BCUT2D eigenvalue weighted by Crippen LogP contribution is 2.28. The van der Waals surface area contributed by atoms with Crippen LogP contribution in [0.25, 0.3) is 0 Å². The van der Waals surface area contributed by atoms with Crippen molar-refractivity contribution in [3.8, 4) is 0 Å². The number of hydrogen-bond acceptors (Lipinski definition) is 4. The Labute approximate surface area is 192 Å². The first kappa shape index (κ1) is 23.3. The number of rotatable bonds is 8. The number of hydrogen-bond donors (Lipinski definition) is 2. The van der Waals surface area contributed by atoms with E-state index in [0.29, 0.717) is 28.5 Å². The van der Waals surface area contributed by atoms with E-state index in [9.17, 15) is 14.7 Å². The first-order valence-corrected chi connectivity index (χ1v) is 10.8. The predicted octanol–water partition coefficient (Wildman–Crippen LogP) is 4.80. The zero-order valence-electron chi connectivity index (χ0n) is 18.6. The molecule has 0 spiro atoms. The van der Waals surface area contributed by atoms with Gasteiger partial charge < -0.3 is 15.3 Å². The quantitative estimate of drug-likeness (QED) is 0.510. The van der Waals surface area contributed by atoms with Crippen molar-refractivity contribution in [1.29, 1.82) is 0 Å². The van der Waals surface area contributed by atoms with Gasteiger partial charge >= 0.3 is 5.97 Å². The van der Waals surface area contributed by atoms with Gasteiger partial charge in [0.1, 0.15) is 0 Å². The van der Waals surface area contributed by atoms with Gasteiger partial charge in [0.2, 0.25) is 0 Å². The molecule has 0 atom stereocenters. The van der Waals surface area contributed by atoms with Crippen molar-refractivity contribution in [3.05, 3.63) is 75.6 Å². The number of benzene rings is 2. The largest absolute Gasteiger partial charge is 0.478 e. The van der Waals surface area contributed by atoms with Crippen LogP contribution in [0, 0.1) is 13.8 Å². The van der Waals surface area contributed by atoms with Crippen LogP contribution >= 0.6 is 11.6 Å². The number of likely N-dealkylation sites (N-methyl/N-ethyl adjacent to an activating group) is 1. The lowest BCUT2D eigenvalue weighted by atomic mass is 10.1. The van der Waals surface area contributed by atoms with Crippen LogP contribution in [0.4, 0.5) is 11.4 Å². The number of anilines is 2. The lowest BCUT2D eigenvalue weighted by Crippen LogP contribution is -2.23. The molecular weight excluding hydrogens is 428 g/mol. The number of aromatic carboxylic acids is 1. The lowest BCUT2D eigenvalue weighted by Gasteiger charge is -2.23. The van der Waals surface area contributed by atoms with E-state index in [1.54, 1.807) is 30.3 Å². The summed E-state index contributed by atoms with van der Waals surface area (Å²) in [5.41, 5.74) is 4.89. The van der Waals surface area contributed by atoms with Gasteiger partial charge in [0, 0.05) is 25.8 Å². The maximum atomic E-state index is 12.8. The molecule has 0 saturated carbocycles. The smallest absolute Gasteiger partial charge is 0.335 e. The summed E-state index contributed by atoms with van der Waals surface area (Å²) in [5, 5.41) is 17.1. The highest BCUT2D eigenvalue weighted by Gasteiger charge is 2.17. The molecule has 0 unspecified atom stereocenters. The zero-order chi connectivity index (χ0) is 23.4. The van der Waals surface area contributed by atoms with Crippen LogP contribution in [-0.2, 0) is 13.0 Å². The highest BCUT2D eigenvalue weighted by molar-refractivity contribution is 6.34. The predicted molar refractivity (Wildman–Crippen MR) is 127 cm³/mol. The van der Waals surface area contributed by atoms with Gasteiger partial charge in [0.05, 0.1) is 33.2 Å². The summed E-state index contributed by atoms with van der Waals surface area (Å²) in [6.45, 7) is 7.62. The maximum Gasteiger partial charge on any atom is 0.335 e. The number of carbonyl (C=O) groups excluding carboxylic acids is 1. The standard InChI is InChI=1S/C24H27ClN4O3/c1-5-29-16(3)18(15(2)27-29)12-13-28(4)22-11-10-17(24(31)32)14-21(22)26-23(30)19-8-6-7-9-20(19)25/h6-11,14H,5,12-13H2,1-4H3,(H,26,30)(H,31,32). The molecule has 0 aliphatic rings. The Morgan fingerprint density at radius 1 is 1.19 bits per heavy atom. The summed E-state index contributed by atoms with van der Waals surface area (Å²) >= 11 is 6.16. The van der Waals surface area contributed by atoms with Crippen LogP contribution in [0.2, 0.25) is 5.02 Å². The molecule has 1 heterocycles. The van der Waals surface area contributed by atoms with E-state index in [0.717, 1.165) is 24.4 Å². The van der Waals surface area contributed by atoms with Gasteiger partial charge in [0.25, 0.3) is 5.91 Å². The molecule has 0 fully saturated rings. The third-order valence-corrected chi connectivity index (χ3v) is 5.88. The molecule has 168 valence electrons. The number of nitrogens with zero attached hydrogens (tertiary/aromatic N) is 3. The Kier molecular flexibility index (Phi) is 7.20. The molecule has 8 heteroatoms. The molecule has 0 saturated heterocycles. The van der Waals surface area contributed by atoms with Gasteiger partial charge in [-0.15, -0.1) is 0 Å². The molecular formula is C24H27ClN4O3. The number of halogens is 1. The Morgan fingerprint density at radius 2 is 1.91 bits per heavy atom. The number of carbonyl (C=O) groups is 2. The van der Waals surface area contributed by atoms with Crippen LogP contribution in [0.1, 0.15) is 44.6 Å². The normalized spacial score (nSPS) is 10.8. The van der Waals surface area contributed by atoms with E-state index in [1.165, 1.54) is 17.7 Å². The Balaban J connectivity index is 1.87. The third kappa shape index (κ3) is 4.94. The van der Waals surface area contributed by atoms with Gasteiger partial charge in [-0.25, -0.2) is 4.79 Å². The number of carboxylic acids is 1. The molecule has 3 rings (SSSR count). The van der Waals surface area contributed by atoms with Crippen LogP contribution in [-0.4, -0.2) is 40.4 Å². The van der Waals surface area contributed by atoms with E-state index in [-0.39, 0.29) is 5.56 Å². The van der Waals surface area contributed by atoms with Crippen molar-refractivity contribution in [2.45, 2.75) is 33.7 Å². The molecule has 7 nitrogen and oxygen atoms in total. The number of carboxylic acid groups (broad SMARTS) is 1. The molecule has 1 amide bonds. The maximum absolute atomic E-state index is 12.8. The average molecular weight is 455 g/mol. The van der Waals surface area contributed by atoms with Crippen molar-refractivity contribution in [1.82, 2.24) is 9.78 Å². The Bertz CT molecular complexity index is 1160. The fourth-order valence-corrected chi connectivity index (χ4v) is 3.96. The van der Waals surface area contributed by atoms with Gasteiger partial charge in [-0.05, 0) is 63.1 Å². The van der Waals surface area contributed by atoms with Crippen molar-refractivity contribution in [3.63, 3.8) is 0 Å². The molecule has 0 bridgehead atoms. The molecule has 3 aromatic rings. The summed E-state index contributed by atoms with van der Waals surface area (Å²) in [7, 11) is 1.91. The topological polar surface area (TPSA) is 87.5 Å². The molecule has 2 N–H and O–H groups in total. The van der Waals surface area contributed by atoms with Gasteiger partial charge in [-0.1, -0.05) is 23.7 Å². The van der Waals surface area contributed by atoms with E-state index in [4.69, 9.17) is 11.6 Å². The SMILES string of the molecule is CCn1nc(C)c(CCN(C)c2ccc(C(=O)O)cc2NC(=O)c2ccccc2Cl)c1C. The molecule has 2 aromatic carbocycles. The molecule has 1 aromatic heterocycles. The van der Waals surface area contributed by atoms with Gasteiger partial charge in [0.15, 0.2) is 0 Å². The minimum Gasteiger partial charge on any atom is -0.478 e. The van der Waals surface area contributed by atoms with Crippen molar-refractivity contribution in [2.24, 2.45) is 0 Å². The van der Waals surface area contributed by atoms with E-state index in [1.807, 2.05) is 23.6 Å². The zero-order valence-corrected chi connectivity index (χ0v) is 19.4. The van der Waals surface area contributed by atoms with Crippen LogP contribution in [0.3, 0.4) is 0 Å². The minimum absolute atomic E-state index is 0.0903. The summed E-state index contributed by atoms with van der Waals surface area (Å²) < 4.78 is 1.99. The fraction of sp³-hybridized carbons (Fsp3) is 0.292. The monoisotopic (exact) mass is 454 g/mol. The first-order chi connectivity index (χ1) is 15.2. The summed E-state index contributed by atoms with van der Waals surface area (Å²) in [6, 6.07) is 11.4.